The van der Waals surface area contributed by atoms with Gasteiger partial charge in [0.15, 0.2) is 5.65 Å². The molecule has 0 atom stereocenters. The van der Waals surface area contributed by atoms with Gasteiger partial charge in [-0.3, -0.25) is 4.79 Å². The quantitative estimate of drug-likeness (QED) is 0.514. The van der Waals surface area contributed by atoms with E-state index in [1.807, 2.05) is 22.8 Å². The first-order chi connectivity index (χ1) is 13.6. The number of pyridine rings is 1. The van der Waals surface area contributed by atoms with Crippen LogP contribution in [0, 0.1) is 6.92 Å². The molecule has 0 fully saturated rings. The van der Waals surface area contributed by atoms with Crippen LogP contribution in [0.5, 0.6) is 0 Å². The van der Waals surface area contributed by atoms with Crippen LogP contribution in [0.1, 0.15) is 27.7 Å². The smallest absolute Gasteiger partial charge is 0.255 e. The van der Waals surface area contributed by atoms with Gasteiger partial charge in [-0.2, -0.15) is 0 Å². The highest BCUT2D eigenvalue weighted by Crippen LogP contribution is 2.15. The van der Waals surface area contributed by atoms with Gasteiger partial charge in [0, 0.05) is 26.7 Å². The van der Waals surface area contributed by atoms with E-state index in [2.05, 4.69) is 32.3 Å². The SMILES string of the molecule is Cc1nnc(CN(C)C(=O)c2cnc3c(c2)ncn3CCc2ccccc2)o1. The fraction of sp³-hybridized carbons (Fsp3) is 0.250. The number of rotatable bonds is 6. The zero-order valence-corrected chi connectivity index (χ0v) is 15.7. The van der Waals surface area contributed by atoms with E-state index in [-0.39, 0.29) is 12.5 Å². The van der Waals surface area contributed by atoms with Gasteiger partial charge in [0.25, 0.3) is 5.91 Å². The summed E-state index contributed by atoms with van der Waals surface area (Å²) in [6, 6.07) is 12.0. The van der Waals surface area contributed by atoms with Crippen molar-refractivity contribution in [2.75, 3.05) is 7.05 Å². The van der Waals surface area contributed by atoms with Crippen molar-refractivity contribution in [2.45, 2.75) is 26.4 Å². The highest BCUT2D eigenvalue weighted by Gasteiger charge is 2.17. The molecule has 0 bridgehead atoms. The molecule has 0 saturated heterocycles. The number of carbonyl (C=O) groups excluding carboxylic acids is 1. The van der Waals surface area contributed by atoms with E-state index in [0.717, 1.165) is 18.6 Å². The normalized spacial score (nSPS) is 11.1. The van der Waals surface area contributed by atoms with Crippen LogP contribution in [0.4, 0.5) is 0 Å². The third-order valence-electron chi connectivity index (χ3n) is 4.47. The maximum absolute atomic E-state index is 12.7. The Morgan fingerprint density at radius 1 is 1.18 bits per heavy atom. The summed E-state index contributed by atoms with van der Waals surface area (Å²) in [7, 11) is 1.69. The molecule has 0 aliphatic carbocycles. The van der Waals surface area contributed by atoms with E-state index in [1.54, 1.807) is 32.6 Å². The molecular formula is C20H20N6O2. The zero-order chi connectivity index (χ0) is 19.5. The number of aromatic nitrogens is 5. The van der Waals surface area contributed by atoms with Crippen LogP contribution in [0.3, 0.4) is 0 Å². The van der Waals surface area contributed by atoms with Gasteiger partial charge in [-0.05, 0) is 18.1 Å². The summed E-state index contributed by atoms with van der Waals surface area (Å²) in [6.07, 6.45) is 4.24. The number of amides is 1. The third kappa shape index (κ3) is 3.75. The molecule has 8 nitrogen and oxygen atoms in total. The number of aryl methyl sites for hydroxylation is 3. The van der Waals surface area contributed by atoms with Gasteiger partial charge < -0.3 is 13.9 Å². The molecule has 0 saturated carbocycles. The van der Waals surface area contributed by atoms with E-state index >= 15 is 0 Å². The minimum absolute atomic E-state index is 0.177. The molecule has 1 amide bonds. The Morgan fingerprint density at radius 2 is 2.00 bits per heavy atom. The first-order valence-corrected chi connectivity index (χ1v) is 8.99. The van der Waals surface area contributed by atoms with E-state index in [9.17, 15) is 4.79 Å². The van der Waals surface area contributed by atoms with Gasteiger partial charge in [0.05, 0.1) is 18.4 Å². The molecular weight excluding hydrogens is 356 g/mol. The molecule has 0 radical (unpaired) electrons. The van der Waals surface area contributed by atoms with E-state index in [4.69, 9.17) is 4.42 Å². The number of nitrogens with zero attached hydrogens (tertiary/aromatic N) is 6. The minimum Gasteiger partial charge on any atom is -0.424 e. The zero-order valence-electron chi connectivity index (χ0n) is 15.7. The Hall–Kier alpha value is -3.55. The van der Waals surface area contributed by atoms with Crippen molar-refractivity contribution >= 4 is 17.1 Å². The molecule has 0 N–H and O–H groups in total. The fourth-order valence-corrected chi connectivity index (χ4v) is 3.02. The summed E-state index contributed by atoms with van der Waals surface area (Å²) in [5, 5.41) is 7.69. The van der Waals surface area contributed by atoms with Crippen LogP contribution >= 0.6 is 0 Å². The van der Waals surface area contributed by atoms with Crippen molar-refractivity contribution in [1.29, 1.82) is 0 Å². The Morgan fingerprint density at radius 3 is 2.75 bits per heavy atom. The van der Waals surface area contributed by atoms with Crippen molar-refractivity contribution in [2.24, 2.45) is 0 Å². The maximum Gasteiger partial charge on any atom is 0.255 e. The van der Waals surface area contributed by atoms with Crippen molar-refractivity contribution in [3.8, 4) is 0 Å². The summed E-state index contributed by atoms with van der Waals surface area (Å²) < 4.78 is 7.33. The molecule has 0 spiro atoms. The number of carbonyl (C=O) groups is 1. The standard InChI is InChI=1S/C20H20N6O2/c1-14-23-24-18(28-14)12-25(2)20(27)16-10-17-19(21-11-16)26(13-22-17)9-8-15-6-4-3-5-7-15/h3-7,10-11,13H,8-9,12H2,1-2H3. The summed E-state index contributed by atoms with van der Waals surface area (Å²) in [4.78, 5) is 23.1. The second-order valence-electron chi connectivity index (χ2n) is 6.62. The predicted octanol–water partition coefficient (Wildman–Crippen LogP) is 2.64. The van der Waals surface area contributed by atoms with E-state index in [1.165, 1.54) is 10.5 Å². The highest BCUT2D eigenvalue weighted by molar-refractivity contribution is 5.96. The fourth-order valence-electron chi connectivity index (χ4n) is 3.02. The van der Waals surface area contributed by atoms with Crippen LogP contribution < -0.4 is 0 Å². The van der Waals surface area contributed by atoms with Crippen LogP contribution in [0.25, 0.3) is 11.2 Å². The summed E-state index contributed by atoms with van der Waals surface area (Å²) >= 11 is 0. The molecule has 4 aromatic rings. The first kappa shape index (κ1) is 17.8. The molecule has 28 heavy (non-hydrogen) atoms. The third-order valence-corrected chi connectivity index (χ3v) is 4.47. The molecule has 3 heterocycles. The Labute approximate surface area is 161 Å². The second-order valence-corrected chi connectivity index (χ2v) is 6.62. The molecule has 142 valence electrons. The average molecular weight is 376 g/mol. The molecule has 0 unspecified atom stereocenters. The number of hydrogen-bond acceptors (Lipinski definition) is 6. The van der Waals surface area contributed by atoms with Gasteiger partial charge in [0.2, 0.25) is 11.8 Å². The van der Waals surface area contributed by atoms with E-state index < -0.39 is 0 Å². The largest absolute Gasteiger partial charge is 0.424 e. The molecule has 4 rings (SSSR count). The molecule has 8 heteroatoms. The average Bonchev–Trinajstić information content (AvgIpc) is 3.31. The highest BCUT2D eigenvalue weighted by atomic mass is 16.4. The maximum atomic E-state index is 12.7. The van der Waals surface area contributed by atoms with Crippen molar-refractivity contribution in [3.05, 3.63) is 71.8 Å². The Balaban J connectivity index is 1.48. The van der Waals surface area contributed by atoms with Gasteiger partial charge >= 0.3 is 0 Å². The monoisotopic (exact) mass is 376 g/mol. The number of imidazole rings is 1. The minimum atomic E-state index is -0.177. The molecule has 1 aromatic carbocycles. The van der Waals surface area contributed by atoms with Crippen LogP contribution in [-0.4, -0.2) is 42.6 Å². The van der Waals surface area contributed by atoms with E-state index in [0.29, 0.717) is 22.9 Å². The Kier molecular flexibility index (Phi) is 4.84. The lowest BCUT2D eigenvalue weighted by Gasteiger charge is -2.14. The second kappa shape index (κ2) is 7.59. The van der Waals surface area contributed by atoms with Crippen molar-refractivity contribution in [3.63, 3.8) is 0 Å². The predicted molar refractivity (Wildman–Crippen MR) is 103 cm³/mol. The molecule has 0 aliphatic heterocycles. The van der Waals surface area contributed by atoms with Crippen LogP contribution in [0.2, 0.25) is 0 Å². The van der Waals surface area contributed by atoms with Gasteiger partial charge in [0.1, 0.15) is 5.52 Å². The lowest BCUT2D eigenvalue weighted by Crippen LogP contribution is -2.26. The summed E-state index contributed by atoms with van der Waals surface area (Å²) in [5.41, 5.74) is 3.19. The summed E-state index contributed by atoms with van der Waals surface area (Å²) in [6.45, 7) is 2.73. The van der Waals surface area contributed by atoms with Gasteiger partial charge in [-0.25, -0.2) is 9.97 Å². The molecule has 3 aromatic heterocycles. The number of hydrogen-bond donors (Lipinski definition) is 0. The van der Waals surface area contributed by atoms with Crippen molar-refractivity contribution in [1.82, 2.24) is 29.6 Å². The first-order valence-electron chi connectivity index (χ1n) is 8.99. The van der Waals surface area contributed by atoms with Crippen LogP contribution in [-0.2, 0) is 19.5 Å². The lowest BCUT2D eigenvalue weighted by atomic mass is 10.1. The molecule has 0 aliphatic rings. The number of fused-ring (bicyclic) bond motifs is 1. The lowest BCUT2D eigenvalue weighted by molar-refractivity contribution is 0.0772. The topological polar surface area (TPSA) is 89.9 Å². The van der Waals surface area contributed by atoms with Gasteiger partial charge in [-0.1, -0.05) is 30.3 Å². The van der Waals surface area contributed by atoms with Crippen LogP contribution in [0.15, 0.2) is 53.3 Å². The van der Waals surface area contributed by atoms with Crippen molar-refractivity contribution < 1.29 is 9.21 Å². The summed E-state index contributed by atoms with van der Waals surface area (Å²) in [5.74, 6) is 0.691. The van der Waals surface area contributed by atoms with Gasteiger partial charge in [-0.15, -0.1) is 10.2 Å². The Bertz CT molecular complexity index is 1100. The number of benzene rings is 1.